The number of carbonyl (C=O) groups excluding carboxylic acids is 1. The van der Waals surface area contributed by atoms with E-state index in [9.17, 15) is 13.6 Å². The normalized spacial score (nSPS) is 24.2. The van der Waals surface area contributed by atoms with Gasteiger partial charge in [-0.2, -0.15) is 0 Å². The molecule has 0 radical (unpaired) electrons. The molecule has 19 heavy (non-hydrogen) atoms. The van der Waals surface area contributed by atoms with Gasteiger partial charge in [-0.3, -0.25) is 4.79 Å². The average Bonchev–Trinajstić information content (AvgIpc) is 2.78. The number of halogens is 2. The van der Waals surface area contributed by atoms with Crippen LogP contribution < -0.4 is 10.6 Å². The van der Waals surface area contributed by atoms with Gasteiger partial charge in [0.2, 0.25) is 5.91 Å². The third-order valence-electron chi connectivity index (χ3n) is 3.60. The molecule has 1 heterocycles. The van der Waals surface area contributed by atoms with Gasteiger partial charge in [-0.15, -0.1) is 0 Å². The van der Waals surface area contributed by atoms with Crippen LogP contribution in [-0.2, 0) is 4.79 Å². The highest BCUT2D eigenvalue weighted by atomic mass is 19.1. The summed E-state index contributed by atoms with van der Waals surface area (Å²) in [7, 11) is 0. The van der Waals surface area contributed by atoms with Crippen LogP contribution in [0.25, 0.3) is 0 Å². The van der Waals surface area contributed by atoms with E-state index in [1.807, 2.05) is 6.92 Å². The lowest BCUT2D eigenvalue weighted by molar-refractivity contribution is -0.124. The van der Waals surface area contributed by atoms with Crippen molar-refractivity contribution in [2.45, 2.75) is 32.4 Å². The number of hydrogen-bond acceptors (Lipinski definition) is 2. The van der Waals surface area contributed by atoms with Gasteiger partial charge < -0.3 is 10.6 Å². The van der Waals surface area contributed by atoms with Gasteiger partial charge in [0.05, 0.1) is 12.1 Å². The van der Waals surface area contributed by atoms with Crippen molar-refractivity contribution >= 4 is 5.91 Å². The van der Waals surface area contributed by atoms with Crippen LogP contribution in [-0.4, -0.2) is 18.5 Å². The predicted molar refractivity (Wildman–Crippen MR) is 68.5 cm³/mol. The lowest BCUT2D eigenvalue weighted by atomic mass is 10.0. The number of amides is 1. The molecule has 5 heteroatoms. The summed E-state index contributed by atoms with van der Waals surface area (Å²) in [5.74, 6) is -0.933. The maximum Gasteiger partial charge on any atom is 0.237 e. The van der Waals surface area contributed by atoms with Crippen LogP contribution in [0.2, 0.25) is 0 Å². The van der Waals surface area contributed by atoms with Crippen LogP contribution in [0.5, 0.6) is 0 Å². The Morgan fingerprint density at radius 1 is 1.47 bits per heavy atom. The van der Waals surface area contributed by atoms with Gasteiger partial charge in [-0.1, -0.05) is 6.92 Å². The Hall–Kier alpha value is -1.49. The fourth-order valence-electron chi connectivity index (χ4n) is 2.41. The Bertz CT molecular complexity index is 479. The summed E-state index contributed by atoms with van der Waals surface area (Å²) in [6.45, 7) is 4.45. The Morgan fingerprint density at radius 3 is 2.84 bits per heavy atom. The number of carbonyl (C=O) groups is 1. The topological polar surface area (TPSA) is 41.1 Å². The molecule has 3 unspecified atom stereocenters. The fraction of sp³-hybridized carbons (Fsp3) is 0.500. The molecule has 1 aliphatic rings. The van der Waals surface area contributed by atoms with Crippen molar-refractivity contribution in [2.75, 3.05) is 6.54 Å². The third kappa shape index (κ3) is 3.10. The standard InChI is InChI=1S/C14H18F2N2O/c1-8-5-6-17-13(8)14(19)18-9(2)11-7-10(15)3-4-12(11)16/h3-4,7-9,13,17H,5-6H2,1-2H3,(H,18,19). The second kappa shape index (κ2) is 5.65. The summed E-state index contributed by atoms with van der Waals surface area (Å²) >= 11 is 0. The average molecular weight is 268 g/mol. The van der Waals surface area contributed by atoms with Crippen molar-refractivity contribution < 1.29 is 13.6 Å². The molecule has 3 atom stereocenters. The van der Waals surface area contributed by atoms with Crippen LogP contribution in [0.15, 0.2) is 18.2 Å². The van der Waals surface area contributed by atoms with E-state index in [0.29, 0.717) is 0 Å². The minimum Gasteiger partial charge on any atom is -0.348 e. The van der Waals surface area contributed by atoms with Crippen molar-refractivity contribution in [1.29, 1.82) is 0 Å². The maximum absolute atomic E-state index is 13.6. The molecule has 1 aromatic rings. The first-order valence-corrected chi connectivity index (χ1v) is 6.47. The van der Waals surface area contributed by atoms with Crippen LogP contribution in [0, 0.1) is 17.6 Å². The molecule has 0 bridgehead atoms. The summed E-state index contributed by atoms with van der Waals surface area (Å²) in [6, 6.07) is 2.45. The van der Waals surface area contributed by atoms with Crippen LogP contribution in [0.3, 0.4) is 0 Å². The summed E-state index contributed by atoms with van der Waals surface area (Å²) in [4.78, 5) is 12.0. The Kier molecular flexibility index (Phi) is 4.14. The molecule has 1 saturated heterocycles. The Balaban J connectivity index is 2.06. The van der Waals surface area contributed by atoms with Gasteiger partial charge in [0, 0.05) is 5.56 Å². The highest BCUT2D eigenvalue weighted by Gasteiger charge is 2.30. The van der Waals surface area contributed by atoms with E-state index in [0.717, 1.165) is 31.2 Å². The van der Waals surface area contributed by atoms with Crippen LogP contribution >= 0.6 is 0 Å². The number of nitrogens with one attached hydrogen (secondary N) is 2. The van der Waals surface area contributed by atoms with E-state index in [1.54, 1.807) is 6.92 Å². The molecule has 0 aliphatic carbocycles. The van der Waals surface area contributed by atoms with E-state index >= 15 is 0 Å². The number of benzene rings is 1. The molecule has 2 N–H and O–H groups in total. The zero-order chi connectivity index (χ0) is 14.0. The molecule has 2 rings (SSSR count). The number of rotatable bonds is 3. The minimum atomic E-state index is -0.558. The van der Waals surface area contributed by atoms with E-state index < -0.39 is 17.7 Å². The molecular weight excluding hydrogens is 250 g/mol. The van der Waals surface area contributed by atoms with E-state index in [2.05, 4.69) is 10.6 Å². The van der Waals surface area contributed by atoms with Crippen LogP contribution in [0.1, 0.15) is 31.9 Å². The first-order valence-electron chi connectivity index (χ1n) is 6.47. The molecule has 3 nitrogen and oxygen atoms in total. The maximum atomic E-state index is 13.6. The Labute approximate surface area is 111 Å². The van der Waals surface area contributed by atoms with E-state index in [1.165, 1.54) is 0 Å². The Morgan fingerprint density at radius 2 is 2.21 bits per heavy atom. The van der Waals surface area contributed by atoms with Gasteiger partial charge in [0.25, 0.3) is 0 Å². The van der Waals surface area contributed by atoms with E-state index in [-0.39, 0.29) is 23.4 Å². The second-order valence-electron chi connectivity index (χ2n) is 5.09. The van der Waals surface area contributed by atoms with Gasteiger partial charge in [-0.05, 0) is 44.0 Å². The highest BCUT2D eigenvalue weighted by Crippen LogP contribution is 2.20. The predicted octanol–water partition coefficient (Wildman–Crippen LogP) is 2.14. The fourth-order valence-corrected chi connectivity index (χ4v) is 2.41. The monoisotopic (exact) mass is 268 g/mol. The zero-order valence-corrected chi connectivity index (χ0v) is 11.0. The van der Waals surface area contributed by atoms with Crippen molar-refractivity contribution in [3.8, 4) is 0 Å². The first-order chi connectivity index (χ1) is 8.99. The van der Waals surface area contributed by atoms with Crippen molar-refractivity contribution in [3.05, 3.63) is 35.4 Å². The highest BCUT2D eigenvalue weighted by molar-refractivity contribution is 5.82. The second-order valence-corrected chi connectivity index (χ2v) is 5.09. The largest absolute Gasteiger partial charge is 0.348 e. The lowest BCUT2D eigenvalue weighted by Gasteiger charge is -2.20. The molecule has 1 aliphatic heterocycles. The van der Waals surface area contributed by atoms with Crippen LogP contribution in [0.4, 0.5) is 8.78 Å². The lowest BCUT2D eigenvalue weighted by Crippen LogP contribution is -2.44. The summed E-state index contributed by atoms with van der Waals surface area (Å²) < 4.78 is 26.7. The van der Waals surface area contributed by atoms with Gasteiger partial charge in [-0.25, -0.2) is 8.78 Å². The molecule has 1 aromatic carbocycles. The molecular formula is C14H18F2N2O. The molecule has 1 fully saturated rings. The zero-order valence-electron chi connectivity index (χ0n) is 11.0. The molecule has 0 saturated carbocycles. The summed E-state index contributed by atoms with van der Waals surface area (Å²) in [5, 5.41) is 5.84. The number of hydrogen-bond donors (Lipinski definition) is 2. The quantitative estimate of drug-likeness (QED) is 0.882. The SMILES string of the molecule is CC(NC(=O)C1NCCC1C)c1cc(F)ccc1F. The third-order valence-corrected chi connectivity index (χ3v) is 3.60. The first kappa shape index (κ1) is 13.9. The van der Waals surface area contributed by atoms with Crippen molar-refractivity contribution in [2.24, 2.45) is 5.92 Å². The van der Waals surface area contributed by atoms with Gasteiger partial charge in [0.15, 0.2) is 0 Å². The summed E-state index contributed by atoms with van der Waals surface area (Å²) in [5.41, 5.74) is 0.166. The minimum absolute atomic E-state index is 0.166. The summed E-state index contributed by atoms with van der Waals surface area (Å²) in [6.07, 6.45) is 0.945. The van der Waals surface area contributed by atoms with Gasteiger partial charge >= 0.3 is 0 Å². The van der Waals surface area contributed by atoms with Crippen molar-refractivity contribution in [1.82, 2.24) is 10.6 Å². The molecule has 0 spiro atoms. The molecule has 0 aromatic heterocycles. The molecule has 1 amide bonds. The molecule has 104 valence electrons. The van der Waals surface area contributed by atoms with Crippen molar-refractivity contribution in [3.63, 3.8) is 0 Å². The van der Waals surface area contributed by atoms with E-state index in [4.69, 9.17) is 0 Å². The smallest absolute Gasteiger partial charge is 0.237 e. The van der Waals surface area contributed by atoms with Gasteiger partial charge in [0.1, 0.15) is 11.6 Å².